The molecule has 0 saturated carbocycles. The summed E-state index contributed by atoms with van der Waals surface area (Å²) in [5.41, 5.74) is 1.33. The number of phenolic OH excluding ortho intramolecular Hbond substituents is 1. The smallest absolute Gasteiger partial charge is 0.167 e. The Hall–Kier alpha value is -1.51. The minimum atomic E-state index is 0.0234. The van der Waals surface area contributed by atoms with Crippen molar-refractivity contribution < 1.29 is 14.6 Å². The first-order chi connectivity index (χ1) is 7.24. The fourth-order valence-corrected chi connectivity index (χ4v) is 2.02. The van der Waals surface area contributed by atoms with Gasteiger partial charge in [-0.25, -0.2) is 0 Å². The summed E-state index contributed by atoms with van der Waals surface area (Å²) in [5, 5.41) is 9.64. The zero-order chi connectivity index (χ0) is 10.8. The number of Topliss-reactive ketones (excluding diaryl/α,β-unsaturated/α-hetero) is 1. The zero-order valence-corrected chi connectivity index (χ0v) is 8.75. The van der Waals surface area contributed by atoms with E-state index in [4.69, 9.17) is 4.74 Å². The Morgan fingerprint density at radius 3 is 2.93 bits per heavy atom. The molecule has 0 atom stereocenters. The Labute approximate surface area is 88.7 Å². The van der Waals surface area contributed by atoms with Crippen LogP contribution in [0.5, 0.6) is 11.5 Å². The first-order valence-corrected chi connectivity index (χ1v) is 5.25. The van der Waals surface area contributed by atoms with Gasteiger partial charge in [-0.05, 0) is 31.9 Å². The topological polar surface area (TPSA) is 46.5 Å². The molecular formula is C12H14O3. The van der Waals surface area contributed by atoms with Crippen LogP contribution in [0.4, 0.5) is 0 Å². The van der Waals surface area contributed by atoms with E-state index < -0.39 is 0 Å². The molecule has 1 N–H and O–H groups in total. The second kappa shape index (κ2) is 3.93. The second-order valence-corrected chi connectivity index (χ2v) is 3.65. The number of rotatable bonds is 2. The monoisotopic (exact) mass is 206 g/mol. The van der Waals surface area contributed by atoms with Crippen molar-refractivity contribution in [1.29, 1.82) is 0 Å². The summed E-state index contributed by atoms with van der Waals surface area (Å²) in [7, 11) is 0. The van der Waals surface area contributed by atoms with Crippen LogP contribution in [-0.4, -0.2) is 17.5 Å². The highest BCUT2D eigenvalue weighted by atomic mass is 16.5. The summed E-state index contributed by atoms with van der Waals surface area (Å²) in [4.78, 5) is 11.6. The Kier molecular flexibility index (Phi) is 2.62. The van der Waals surface area contributed by atoms with Gasteiger partial charge in [0, 0.05) is 12.0 Å². The van der Waals surface area contributed by atoms with Gasteiger partial charge in [0.15, 0.2) is 5.78 Å². The third-order valence-electron chi connectivity index (χ3n) is 2.66. The van der Waals surface area contributed by atoms with E-state index in [0.717, 1.165) is 24.2 Å². The number of hydrogen-bond donors (Lipinski definition) is 1. The standard InChI is InChI=1S/C12H14O3/c1-2-15-11-7-6-10(14)12-8(11)4-3-5-9(12)13/h6-7,14H,2-5H2,1H3. The molecule has 0 radical (unpaired) electrons. The normalized spacial score (nSPS) is 14.9. The molecule has 0 aromatic heterocycles. The van der Waals surface area contributed by atoms with Crippen LogP contribution in [0.1, 0.15) is 35.7 Å². The van der Waals surface area contributed by atoms with Gasteiger partial charge in [-0.1, -0.05) is 0 Å². The Bertz CT molecular complexity index is 396. The molecule has 0 spiro atoms. The van der Waals surface area contributed by atoms with Gasteiger partial charge in [0.05, 0.1) is 12.2 Å². The third kappa shape index (κ3) is 1.69. The minimum Gasteiger partial charge on any atom is -0.507 e. The van der Waals surface area contributed by atoms with Crippen molar-refractivity contribution in [2.45, 2.75) is 26.2 Å². The highest BCUT2D eigenvalue weighted by Gasteiger charge is 2.23. The average Bonchev–Trinajstić information content (AvgIpc) is 2.22. The molecule has 0 bridgehead atoms. The lowest BCUT2D eigenvalue weighted by atomic mass is 9.89. The fourth-order valence-electron chi connectivity index (χ4n) is 2.02. The molecule has 15 heavy (non-hydrogen) atoms. The van der Waals surface area contributed by atoms with Crippen molar-refractivity contribution in [2.24, 2.45) is 0 Å². The molecule has 0 fully saturated rings. The summed E-state index contributed by atoms with van der Waals surface area (Å²) < 4.78 is 5.44. The lowest BCUT2D eigenvalue weighted by molar-refractivity contribution is 0.0968. The van der Waals surface area contributed by atoms with Crippen LogP contribution in [0, 0.1) is 0 Å². The van der Waals surface area contributed by atoms with Gasteiger partial charge in [0.25, 0.3) is 0 Å². The molecule has 0 aliphatic heterocycles. The maximum absolute atomic E-state index is 11.6. The van der Waals surface area contributed by atoms with Crippen molar-refractivity contribution in [1.82, 2.24) is 0 Å². The number of aromatic hydroxyl groups is 1. The second-order valence-electron chi connectivity index (χ2n) is 3.65. The van der Waals surface area contributed by atoms with Crippen molar-refractivity contribution >= 4 is 5.78 Å². The SMILES string of the molecule is CCOc1ccc(O)c2c1CCCC2=O. The number of fused-ring (bicyclic) bond motifs is 1. The van der Waals surface area contributed by atoms with Crippen molar-refractivity contribution in [3.8, 4) is 11.5 Å². The number of ketones is 1. The molecule has 1 aliphatic carbocycles. The quantitative estimate of drug-likeness (QED) is 0.807. The van der Waals surface area contributed by atoms with Gasteiger partial charge in [0.2, 0.25) is 0 Å². The van der Waals surface area contributed by atoms with Gasteiger partial charge in [-0.2, -0.15) is 0 Å². The van der Waals surface area contributed by atoms with Gasteiger partial charge >= 0.3 is 0 Å². The summed E-state index contributed by atoms with van der Waals surface area (Å²) >= 11 is 0. The maximum atomic E-state index is 11.6. The first kappa shape index (κ1) is 10.0. The number of phenols is 1. The van der Waals surface area contributed by atoms with Gasteiger partial charge in [0.1, 0.15) is 11.5 Å². The van der Waals surface area contributed by atoms with E-state index in [1.165, 1.54) is 6.07 Å². The lowest BCUT2D eigenvalue weighted by Gasteiger charge is -2.19. The van der Waals surface area contributed by atoms with E-state index in [9.17, 15) is 9.90 Å². The van der Waals surface area contributed by atoms with Crippen LogP contribution in [0.25, 0.3) is 0 Å². The van der Waals surface area contributed by atoms with Gasteiger partial charge in [-0.15, -0.1) is 0 Å². The van der Waals surface area contributed by atoms with Crippen LogP contribution < -0.4 is 4.74 Å². The highest BCUT2D eigenvalue weighted by molar-refractivity contribution is 6.01. The molecular weight excluding hydrogens is 192 g/mol. The van der Waals surface area contributed by atoms with E-state index in [1.54, 1.807) is 6.07 Å². The molecule has 0 amide bonds. The predicted molar refractivity (Wildman–Crippen MR) is 56.5 cm³/mol. The van der Waals surface area contributed by atoms with E-state index >= 15 is 0 Å². The van der Waals surface area contributed by atoms with Crippen LogP contribution in [-0.2, 0) is 6.42 Å². The molecule has 3 nitrogen and oxygen atoms in total. The summed E-state index contributed by atoms with van der Waals surface area (Å²) in [5.74, 6) is 0.840. The molecule has 80 valence electrons. The van der Waals surface area contributed by atoms with E-state index in [0.29, 0.717) is 18.6 Å². The zero-order valence-electron chi connectivity index (χ0n) is 8.75. The largest absolute Gasteiger partial charge is 0.507 e. The summed E-state index contributed by atoms with van der Waals surface area (Å²) in [6.07, 6.45) is 2.18. The van der Waals surface area contributed by atoms with E-state index in [1.807, 2.05) is 6.92 Å². The molecule has 0 heterocycles. The molecule has 1 aromatic carbocycles. The molecule has 0 saturated heterocycles. The summed E-state index contributed by atoms with van der Waals surface area (Å²) in [6, 6.07) is 3.27. The van der Waals surface area contributed by atoms with Crippen molar-refractivity contribution in [3.05, 3.63) is 23.3 Å². The van der Waals surface area contributed by atoms with Crippen LogP contribution in [0.15, 0.2) is 12.1 Å². The molecule has 3 heteroatoms. The Morgan fingerprint density at radius 2 is 2.20 bits per heavy atom. The molecule has 0 unspecified atom stereocenters. The lowest BCUT2D eigenvalue weighted by Crippen LogP contribution is -2.12. The van der Waals surface area contributed by atoms with Crippen LogP contribution in [0.2, 0.25) is 0 Å². The minimum absolute atomic E-state index is 0.0234. The number of carbonyl (C=O) groups is 1. The van der Waals surface area contributed by atoms with Gasteiger partial charge < -0.3 is 9.84 Å². The Balaban J connectivity index is 2.53. The molecule has 1 aromatic rings. The van der Waals surface area contributed by atoms with Gasteiger partial charge in [-0.3, -0.25) is 4.79 Å². The van der Waals surface area contributed by atoms with E-state index in [-0.39, 0.29) is 11.5 Å². The number of benzene rings is 1. The number of carbonyl (C=O) groups excluding carboxylic acids is 1. The predicted octanol–water partition coefficient (Wildman–Crippen LogP) is 2.31. The number of ether oxygens (including phenoxy) is 1. The van der Waals surface area contributed by atoms with E-state index in [2.05, 4.69) is 0 Å². The third-order valence-corrected chi connectivity index (χ3v) is 2.66. The molecule has 2 rings (SSSR count). The number of hydrogen-bond acceptors (Lipinski definition) is 3. The average molecular weight is 206 g/mol. The van der Waals surface area contributed by atoms with Crippen molar-refractivity contribution in [2.75, 3.05) is 6.61 Å². The maximum Gasteiger partial charge on any atom is 0.167 e. The molecule has 1 aliphatic rings. The fraction of sp³-hybridized carbons (Fsp3) is 0.417. The summed E-state index contributed by atoms with van der Waals surface area (Å²) in [6.45, 7) is 2.48. The Morgan fingerprint density at radius 1 is 1.40 bits per heavy atom. The highest BCUT2D eigenvalue weighted by Crippen LogP contribution is 2.35. The van der Waals surface area contributed by atoms with Crippen LogP contribution >= 0.6 is 0 Å². The van der Waals surface area contributed by atoms with Crippen molar-refractivity contribution in [3.63, 3.8) is 0 Å². The van der Waals surface area contributed by atoms with Crippen LogP contribution in [0.3, 0.4) is 0 Å². The first-order valence-electron chi connectivity index (χ1n) is 5.25.